The zero-order valence-electron chi connectivity index (χ0n) is 20.7. The molecule has 2 aromatic carbocycles. The Morgan fingerprint density at radius 2 is 1.59 bits per heavy atom. The van der Waals surface area contributed by atoms with Crippen molar-refractivity contribution in [3.63, 3.8) is 0 Å². The van der Waals surface area contributed by atoms with E-state index in [1.54, 1.807) is 56.3 Å². The summed E-state index contributed by atoms with van der Waals surface area (Å²) in [5, 5.41) is 8.50. The first-order chi connectivity index (χ1) is 17.5. The molecule has 0 bridgehead atoms. The molecule has 4 amide bonds. The van der Waals surface area contributed by atoms with Crippen molar-refractivity contribution >= 4 is 52.6 Å². The third kappa shape index (κ3) is 7.17. The number of carbonyl (C=O) groups is 5. The van der Waals surface area contributed by atoms with E-state index < -0.39 is 47.4 Å². The second-order valence-electron chi connectivity index (χ2n) is 9.47. The third-order valence-electron chi connectivity index (χ3n) is 6.31. The van der Waals surface area contributed by atoms with E-state index in [2.05, 4.69) is 16.0 Å². The Morgan fingerprint density at radius 3 is 2.16 bits per heavy atom. The van der Waals surface area contributed by atoms with E-state index in [1.165, 1.54) is 6.92 Å². The van der Waals surface area contributed by atoms with Crippen LogP contribution in [0.5, 0.6) is 0 Å². The number of Topliss-reactive ketones (excluding diaryl/α,β-unsaturated/α-hetero) is 1. The highest BCUT2D eigenvalue weighted by Crippen LogP contribution is 2.25. The van der Waals surface area contributed by atoms with Crippen LogP contribution < -0.4 is 16.0 Å². The van der Waals surface area contributed by atoms with Crippen molar-refractivity contribution in [2.45, 2.75) is 45.7 Å². The number of carbonyl (C=O) groups excluding carboxylic acids is 5. The Bertz CT molecular complexity index is 1200. The number of rotatable bonds is 10. The summed E-state index contributed by atoms with van der Waals surface area (Å²) in [6, 6.07) is 12.3. The molecule has 1 aliphatic rings. The molecule has 10 heteroatoms. The smallest absolute Gasteiger partial charge is 0.238 e. The van der Waals surface area contributed by atoms with Crippen LogP contribution in [0.3, 0.4) is 0 Å². The molecule has 8 nitrogen and oxygen atoms in total. The first-order valence-electron chi connectivity index (χ1n) is 11.9. The zero-order chi connectivity index (χ0) is 27.3. The van der Waals surface area contributed by atoms with Gasteiger partial charge in [-0.2, -0.15) is 0 Å². The van der Waals surface area contributed by atoms with E-state index >= 15 is 0 Å². The fraction of sp³-hybridized carbons (Fsp3) is 0.370. The van der Waals surface area contributed by atoms with Gasteiger partial charge in [-0.1, -0.05) is 80.4 Å². The second kappa shape index (κ2) is 12.3. The summed E-state index contributed by atoms with van der Waals surface area (Å²) < 4.78 is 0. The summed E-state index contributed by atoms with van der Waals surface area (Å²) in [6.45, 7) is 5.00. The van der Waals surface area contributed by atoms with Crippen molar-refractivity contribution < 1.29 is 24.0 Å². The van der Waals surface area contributed by atoms with Crippen molar-refractivity contribution in [3.05, 3.63) is 69.7 Å². The molecule has 1 saturated heterocycles. The van der Waals surface area contributed by atoms with Crippen molar-refractivity contribution in [3.8, 4) is 0 Å². The van der Waals surface area contributed by atoms with Crippen LogP contribution in [0, 0.1) is 17.8 Å². The maximum atomic E-state index is 13.2. The molecule has 0 saturated carbocycles. The van der Waals surface area contributed by atoms with Gasteiger partial charge in [-0.3, -0.25) is 29.3 Å². The van der Waals surface area contributed by atoms with E-state index in [0.717, 1.165) is 0 Å². The third-order valence-corrected chi connectivity index (χ3v) is 7.05. The summed E-state index contributed by atoms with van der Waals surface area (Å²) in [6.07, 6.45) is -0.114. The molecule has 2 aromatic rings. The van der Waals surface area contributed by atoms with Crippen LogP contribution in [0.2, 0.25) is 10.0 Å². The van der Waals surface area contributed by atoms with Crippen LogP contribution in [0.4, 0.5) is 0 Å². The van der Waals surface area contributed by atoms with Crippen molar-refractivity contribution in [1.29, 1.82) is 0 Å². The largest absolute Gasteiger partial charge is 0.348 e. The molecule has 3 N–H and O–H groups in total. The number of amides is 4. The van der Waals surface area contributed by atoms with Gasteiger partial charge in [0, 0.05) is 0 Å². The van der Waals surface area contributed by atoms with Gasteiger partial charge in [0.2, 0.25) is 23.6 Å². The predicted octanol–water partition coefficient (Wildman–Crippen LogP) is 3.40. The molecule has 0 aromatic heterocycles. The summed E-state index contributed by atoms with van der Waals surface area (Å²) in [5.74, 6) is -4.78. The lowest BCUT2D eigenvalue weighted by molar-refractivity contribution is -0.137. The van der Waals surface area contributed by atoms with E-state index in [0.29, 0.717) is 21.2 Å². The van der Waals surface area contributed by atoms with Gasteiger partial charge in [0.25, 0.3) is 0 Å². The van der Waals surface area contributed by atoms with Gasteiger partial charge >= 0.3 is 0 Å². The maximum absolute atomic E-state index is 13.2. The lowest BCUT2D eigenvalue weighted by Gasteiger charge is -2.26. The number of halogens is 2. The summed E-state index contributed by atoms with van der Waals surface area (Å²) in [7, 11) is 0. The predicted molar refractivity (Wildman–Crippen MR) is 140 cm³/mol. The second-order valence-corrected chi connectivity index (χ2v) is 10.3. The highest BCUT2D eigenvalue weighted by atomic mass is 35.5. The van der Waals surface area contributed by atoms with Gasteiger partial charge in [-0.15, -0.1) is 0 Å². The fourth-order valence-electron chi connectivity index (χ4n) is 4.26. The Labute approximate surface area is 225 Å². The van der Waals surface area contributed by atoms with Crippen LogP contribution >= 0.6 is 23.2 Å². The number of ketones is 1. The normalized spacial score (nSPS) is 18.8. The molecule has 196 valence electrons. The van der Waals surface area contributed by atoms with Gasteiger partial charge in [-0.05, 0) is 29.2 Å². The average Bonchev–Trinajstić information content (AvgIpc) is 3.10. The summed E-state index contributed by atoms with van der Waals surface area (Å²) >= 11 is 12.0. The van der Waals surface area contributed by atoms with Crippen LogP contribution in [-0.4, -0.2) is 35.5 Å². The van der Waals surface area contributed by atoms with Crippen LogP contribution in [0.25, 0.3) is 0 Å². The Morgan fingerprint density at radius 1 is 0.919 bits per heavy atom. The minimum absolute atomic E-state index is 0.0255. The highest BCUT2D eigenvalue weighted by Gasteiger charge is 2.46. The number of nitrogens with one attached hydrogen (secondary N) is 3. The Kier molecular flexibility index (Phi) is 9.45. The van der Waals surface area contributed by atoms with Crippen molar-refractivity contribution in [1.82, 2.24) is 16.0 Å². The molecule has 0 spiro atoms. The molecule has 1 fully saturated rings. The molecule has 0 radical (unpaired) electrons. The van der Waals surface area contributed by atoms with Crippen molar-refractivity contribution in [2.24, 2.45) is 17.8 Å². The topological polar surface area (TPSA) is 121 Å². The van der Waals surface area contributed by atoms with Crippen LogP contribution in [0.1, 0.15) is 44.4 Å². The quantitative estimate of drug-likeness (QED) is 0.312. The highest BCUT2D eigenvalue weighted by molar-refractivity contribution is 6.42. The summed E-state index contributed by atoms with van der Waals surface area (Å²) in [4.78, 5) is 63.1. The molecular weight excluding hydrogens is 517 g/mol. The van der Waals surface area contributed by atoms with Gasteiger partial charge in [0.1, 0.15) is 5.92 Å². The molecular formula is C27H29Cl2N3O5. The molecule has 0 unspecified atom stereocenters. The minimum atomic E-state index is -1.16. The zero-order valence-corrected chi connectivity index (χ0v) is 22.2. The molecule has 37 heavy (non-hydrogen) atoms. The first-order valence-corrected chi connectivity index (χ1v) is 12.7. The van der Waals surface area contributed by atoms with E-state index in [9.17, 15) is 24.0 Å². The fourth-order valence-corrected chi connectivity index (χ4v) is 4.58. The monoisotopic (exact) mass is 545 g/mol. The Hall–Kier alpha value is -3.23. The van der Waals surface area contributed by atoms with E-state index in [-0.39, 0.29) is 24.7 Å². The average molecular weight is 546 g/mol. The molecule has 4 atom stereocenters. The summed E-state index contributed by atoms with van der Waals surface area (Å²) in [5.41, 5.74) is 1.37. The van der Waals surface area contributed by atoms with E-state index in [1.807, 2.05) is 6.07 Å². The Balaban J connectivity index is 1.73. The SMILES string of the molecule is CC(C)[C@H](NC(=O)C[C@H](NC(=O)Cc1ccc(Cl)c(Cl)c1)c1ccccc1)C(=O)[C@@H]1C(=O)NC(=O)[C@H]1C. The molecule has 0 aliphatic carbocycles. The molecule has 1 heterocycles. The maximum Gasteiger partial charge on any atom is 0.238 e. The lowest BCUT2D eigenvalue weighted by Crippen LogP contribution is -2.49. The molecule has 3 rings (SSSR count). The van der Waals surface area contributed by atoms with E-state index in [4.69, 9.17) is 23.2 Å². The lowest BCUT2D eigenvalue weighted by atomic mass is 9.85. The van der Waals surface area contributed by atoms with Crippen LogP contribution in [-0.2, 0) is 30.4 Å². The van der Waals surface area contributed by atoms with Crippen LogP contribution in [0.15, 0.2) is 48.5 Å². The number of hydrogen-bond donors (Lipinski definition) is 3. The van der Waals surface area contributed by atoms with Gasteiger partial charge in [0.05, 0.1) is 40.9 Å². The number of hydrogen-bond acceptors (Lipinski definition) is 5. The number of benzene rings is 2. The van der Waals surface area contributed by atoms with Gasteiger partial charge in [0.15, 0.2) is 5.78 Å². The van der Waals surface area contributed by atoms with Crippen molar-refractivity contribution in [2.75, 3.05) is 0 Å². The first kappa shape index (κ1) is 28.3. The minimum Gasteiger partial charge on any atom is -0.348 e. The number of imide groups is 1. The van der Waals surface area contributed by atoms with Gasteiger partial charge in [-0.25, -0.2) is 0 Å². The molecule has 1 aliphatic heterocycles. The standard InChI is InChI=1S/C27H29Cl2N3O5/c1-14(2)24(25(35)23-15(3)26(36)32-27(23)37)31-22(34)13-20(17-7-5-4-6-8-17)30-21(33)12-16-9-10-18(28)19(29)11-16/h4-11,14-15,20,23-24H,12-13H2,1-3H3,(H,30,33)(H,31,34)(H,32,36,37)/t15-,20-,23+,24-/m0/s1. The van der Waals surface area contributed by atoms with Gasteiger partial charge < -0.3 is 10.6 Å².